The summed E-state index contributed by atoms with van der Waals surface area (Å²) in [7, 11) is 0. The molecule has 0 aromatic heterocycles. The number of anilines is 1. The third kappa shape index (κ3) is 2.85. The van der Waals surface area contributed by atoms with Crippen molar-refractivity contribution in [1.82, 2.24) is 0 Å². The fraction of sp³-hybridized carbons (Fsp3) is 0.417. The minimum absolute atomic E-state index is 0.0256. The summed E-state index contributed by atoms with van der Waals surface area (Å²) in [5, 5.41) is 0.548. The van der Waals surface area contributed by atoms with E-state index in [0.717, 1.165) is 25.7 Å². The topological polar surface area (TPSA) is 52.3 Å². The lowest BCUT2D eigenvalue weighted by Gasteiger charge is -2.12. The lowest BCUT2D eigenvalue weighted by Crippen LogP contribution is -2.14. The van der Waals surface area contributed by atoms with Gasteiger partial charge in [-0.05, 0) is 37.8 Å². The zero-order valence-corrected chi connectivity index (χ0v) is 10.7. The third-order valence-corrected chi connectivity index (χ3v) is 3.52. The normalized spacial score (nSPS) is 16.1. The van der Waals surface area contributed by atoms with Crippen molar-refractivity contribution in [3.8, 4) is 0 Å². The number of hydrogen-bond donors (Lipinski definition) is 1. The molecule has 92 valence electrons. The van der Waals surface area contributed by atoms with E-state index in [0.29, 0.717) is 5.56 Å². The molecule has 1 fully saturated rings. The number of nitrogens with two attached hydrogens (primary N) is 1. The minimum Gasteiger partial charge on any atom is -0.459 e. The van der Waals surface area contributed by atoms with Crippen molar-refractivity contribution in [3.63, 3.8) is 0 Å². The minimum atomic E-state index is -0.388. The molecule has 0 aliphatic heterocycles. The Morgan fingerprint density at radius 1 is 1.24 bits per heavy atom. The second-order valence-electron chi connectivity index (χ2n) is 4.17. The molecular formula is C12H13Cl2NO2. The molecule has 0 heterocycles. The van der Waals surface area contributed by atoms with Crippen molar-refractivity contribution in [2.45, 2.75) is 31.8 Å². The highest BCUT2D eigenvalue weighted by molar-refractivity contribution is 6.39. The maximum Gasteiger partial charge on any atom is 0.338 e. The van der Waals surface area contributed by atoms with Crippen molar-refractivity contribution in [2.75, 3.05) is 5.73 Å². The molecule has 1 aliphatic rings. The fourth-order valence-corrected chi connectivity index (χ4v) is 2.41. The van der Waals surface area contributed by atoms with Crippen LogP contribution in [-0.4, -0.2) is 12.1 Å². The van der Waals surface area contributed by atoms with Gasteiger partial charge in [0.1, 0.15) is 6.10 Å². The van der Waals surface area contributed by atoms with Crippen molar-refractivity contribution in [3.05, 3.63) is 27.7 Å². The van der Waals surface area contributed by atoms with Crippen LogP contribution in [0.3, 0.4) is 0 Å². The van der Waals surface area contributed by atoms with E-state index >= 15 is 0 Å². The molecule has 0 bridgehead atoms. The van der Waals surface area contributed by atoms with Gasteiger partial charge in [-0.2, -0.15) is 0 Å². The first-order valence-corrected chi connectivity index (χ1v) is 6.29. The maximum absolute atomic E-state index is 11.8. The Bertz CT molecular complexity index is 419. The van der Waals surface area contributed by atoms with Gasteiger partial charge in [0.2, 0.25) is 0 Å². The number of halogens is 2. The van der Waals surface area contributed by atoms with E-state index in [1.165, 1.54) is 12.1 Å². The first-order chi connectivity index (χ1) is 8.08. The highest BCUT2D eigenvalue weighted by Gasteiger charge is 2.21. The van der Waals surface area contributed by atoms with E-state index in [1.54, 1.807) is 0 Å². The molecule has 0 atom stereocenters. The predicted octanol–water partition coefficient (Wildman–Crippen LogP) is 3.68. The summed E-state index contributed by atoms with van der Waals surface area (Å²) >= 11 is 11.7. The Balaban J connectivity index is 2.13. The summed E-state index contributed by atoms with van der Waals surface area (Å²) < 4.78 is 5.35. The molecule has 0 unspecified atom stereocenters. The summed E-state index contributed by atoms with van der Waals surface area (Å²) in [6.07, 6.45) is 4.12. The average Bonchev–Trinajstić information content (AvgIpc) is 2.77. The highest BCUT2D eigenvalue weighted by Crippen LogP contribution is 2.30. The molecule has 0 spiro atoms. The average molecular weight is 274 g/mol. The summed E-state index contributed by atoms with van der Waals surface area (Å²) in [6.45, 7) is 0. The first kappa shape index (κ1) is 12.5. The molecule has 1 saturated carbocycles. The number of ether oxygens (including phenoxy) is 1. The van der Waals surface area contributed by atoms with Gasteiger partial charge in [0.25, 0.3) is 0 Å². The highest BCUT2D eigenvalue weighted by atomic mass is 35.5. The standard InChI is InChI=1S/C12H13Cl2NO2/c13-9-5-7(6-10(14)11(9)15)12(16)17-8-3-1-2-4-8/h5-6,8H,1-4,15H2. The van der Waals surface area contributed by atoms with Gasteiger partial charge >= 0.3 is 5.97 Å². The largest absolute Gasteiger partial charge is 0.459 e. The summed E-state index contributed by atoms with van der Waals surface area (Å²) in [5.41, 5.74) is 6.23. The van der Waals surface area contributed by atoms with Crippen LogP contribution in [0.4, 0.5) is 5.69 Å². The van der Waals surface area contributed by atoms with Gasteiger partial charge in [-0.1, -0.05) is 23.2 Å². The molecule has 0 saturated heterocycles. The van der Waals surface area contributed by atoms with Gasteiger partial charge in [0.05, 0.1) is 21.3 Å². The van der Waals surface area contributed by atoms with Gasteiger partial charge in [-0.15, -0.1) is 0 Å². The van der Waals surface area contributed by atoms with Crippen LogP contribution in [0.2, 0.25) is 10.0 Å². The Hall–Kier alpha value is -0.930. The summed E-state index contributed by atoms with van der Waals surface area (Å²) in [5.74, 6) is -0.388. The second-order valence-corrected chi connectivity index (χ2v) is 4.98. The summed E-state index contributed by atoms with van der Waals surface area (Å²) in [4.78, 5) is 11.8. The van der Waals surface area contributed by atoms with Crippen molar-refractivity contribution in [2.24, 2.45) is 0 Å². The maximum atomic E-state index is 11.8. The van der Waals surface area contributed by atoms with Crippen LogP contribution < -0.4 is 5.73 Å². The number of esters is 1. The zero-order chi connectivity index (χ0) is 12.4. The molecule has 0 amide bonds. The Morgan fingerprint density at radius 2 is 1.76 bits per heavy atom. The van der Waals surface area contributed by atoms with Gasteiger partial charge in [-0.25, -0.2) is 4.79 Å². The number of rotatable bonds is 2. The molecule has 2 N–H and O–H groups in total. The Labute approximate surface area is 110 Å². The van der Waals surface area contributed by atoms with Crippen LogP contribution in [0.15, 0.2) is 12.1 Å². The van der Waals surface area contributed by atoms with Gasteiger partial charge in [-0.3, -0.25) is 0 Å². The van der Waals surface area contributed by atoms with Gasteiger partial charge in [0.15, 0.2) is 0 Å². The lowest BCUT2D eigenvalue weighted by molar-refractivity contribution is 0.0318. The van der Waals surface area contributed by atoms with E-state index in [-0.39, 0.29) is 27.8 Å². The van der Waals surface area contributed by atoms with Crippen LogP contribution in [0.25, 0.3) is 0 Å². The monoisotopic (exact) mass is 273 g/mol. The molecule has 5 heteroatoms. The van der Waals surface area contributed by atoms with Crippen LogP contribution >= 0.6 is 23.2 Å². The third-order valence-electron chi connectivity index (χ3n) is 2.89. The smallest absolute Gasteiger partial charge is 0.338 e. The number of benzene rings is 1. The van der Waals surface area contributed by atoms with Gasteiger partial charge in [0, 0.05) is 0 Å². The molecule has 17 heavy (non-hydrogen) atoms. The van der Waals surface area contributed by atoms with E-state index in [4.69, 9.17) is 33.7 Å². The number of carbonyl (C=O) groups is 1. The molecule has 1 aromatic rings. The van der Waals surface area contributed by atoms with Crippen molar-refractivity contribution >= 4 is 34.9 Å². The molecule has 3 nitrogen and oxygen atoms in total. The van der Waals surface area contributed by atoms with E-state index in [1.807, 2.05) is 0 Å². The molecular weight excluding hydrogens is 261 g/mol. The number of hydrogen-bond acceptors (Lipinski definition) is 3. The van der Waals surface area contributed by atoms with Crippen LogP contribution in [0.1, 0.15) is 36.0 Å². The van der Waals surface area contributed by atoms with Crippen LogP contribution in [0, 0.1) is 0 Å². The zero-order valence-electron chi connectivity index (χ0n) is 9.21. The second kappa shape index (κ2) is 5.15. The molecule has 0 radical (unpaired) electrons. The molecule has 1 aliphatic carbocycles. The van der Waals surface area contributed by atoms with Crippen molar-refractivity contribution < 1.29 is 9.53 Å². The quantitative estimate of drug-likeness (QED) is 0.661. The first-order valence-electron chi connectivity index (χ1n) is 5.53. The van der Waals surface area contributed by atoms with Crippen LogP contribution in [0.5, 0.6) is 0 Å². The summed E-state index contributed by atoms with van der Waals surface area (Å²) in [6, 6.07) is 2.97. The van der Waals surface area contributed by atoms with E-state index in [2.05, 4.69) is 0 Å². The number of nitrogen functional groups attached to an aromatic ring is 1. The lowest BCUT2D eigenvalue weighted by atomic mass is 10.2. The van der Waals surface area contributed by atoms with Crippen molar-refractivity contribution in [1.29, 1.82) is 0 Å². The van der Waals surface area contributed by atoms with E-state index in [9.17, 15) is 4.79 Å². The SMILES string of the molecule is Nc1c(Cl)cc(C(=O)OC2CCCC2)cc1Cl. The fourth-order valence-electron chi connectivity index (χ4n) is 1.93. The molecule has 1 aromatic carbocycles. The Kier molecular flexibility index (Phi) is 3.79. The number of carbonyl (C=O) groups excluding carboxylic acids is 1. The van der Waals surface area contributed by atoms with Crippen LogP contribution in [-0.2, 0) is 4.74 Å². The Morgan fingerprint density at radius 3 is 2.29 bits per heavy atom. The van der Waals surface area contributed by atoms with Gasteiger partial charge < -0.3 is 10.5 Å². The van der Waals surface area contributed by atoms with E-state index < -0.39 is 0 Å². The predicted molar refractivity (Wildman–Crippen MR) is 68.5 cm³/mol. The molecule has 2 rings (SSSR count).